The van der Waals surface area contributed by atoms with Gasteiger partial charge in [0.25, 0.3) is 5.56 Å². The maximum absolute atomic E-state index is 12.6. The minimum absolute atomic E-state index is 0.0174. The number of nitrogens with one attached hydrogen (secondary N) is 1. The van der Waals surface area contributed by atoms with Crippen molar-refractivity contribution in [1.29, 1.82) is 0 Å². The lowest BCUT2D eigenvalue weighted by molar-refractivity contribution is 0.300. The molecular weight excluding hydrogens is 376 g/mol. The van der Waals surface area contributed by atoms with Crippen LogP contribution in [0, 0.1) is 0 Å². The van der Waals surface area contributed by atoms with Gasteiger partial charge in [-0.1, -0.05) is 48.0 Å². The van der Waals surface area contributed by atoms with Crippen molar-refractivity contribution in [3.63, 3.8) is 0 Å². The molecule has 3 aromatic rings. The van der Waals surface area contributed by atoms with E-state index in [-0.39, 0.29) is 16.6 Å². The summed E-state index contributed by atoms with van der Waals surface area (Å²) in [6.45, 7) is 0.531. The smallest absolute Gasteiger partial charge is 0.292 e. The highest BCUT2D eigenvalue weighted by molar-refractivity contribution is 6.32. The van der Waals surface area contributed by atoms with Crippen molar-refractivity contribution in [3.8, 4) is 11.4 Å². The highest BCUT2D eigenvalue weighted by atomic mass is 35.5. The molecule has 146 valence electrons. The van der Waals surface area contributed by atoms with Gasteiger partial charge in [-0.25, -0.2) is 0 Å². The molecule has 7 heteroatoms. The van der Waals surface area contributed by atoms with Gasteiger partial charge in [-0.05, 0) is 32.3 Å². The Kier molecular flexibility index (Phi) is 6.34. The molecule has 1 heterocycles. The van der Waals surface area contributed by atoms with Gasteiger partial charge >= 0.3 is 0 Å². The van der Waals surface area contributed by atoms with E-state index >= 15 is 0 Å². The van der Waals surface area contributed by atoms with Gasteiger partial charge in [0.1, 0.15) is 10.8 Å². The molecule has 1 N–H and O–H groups in total. The van der Waals surface area contributed by atoms with Crippen molar-refractivity contribution in [3.05, 3.63) is 81.7 Å². The van der Waals surface area contributed by atoms with Gasteiger partial charge in [0.15, 0.2) is 0 Å². The first-order chi connectivity index (χ1) is 13.5. The van der Waals surface area contributed by atoms with Crippen LogP contribution in [0.4, 0.5) is 5.69 Å². The Morgan fingerprint density at radius 1 is 1.14 bits per heavy atom. The molecule has 3 rings (SSSR count). The van der Waals surface area contributed by atoms with Crippen molar-refractivity contribution in [1.82, 2.24) is 14.7 Å². The maximum Gasteiger partial charge on any atom is 0.292 e. The minimum Gasteiger partial charge on any atom is -0.496 e. The van der Waals surface area contributed by atoms with Crippen LogP contribution in [0.1, 0.15) is 11.6 Å². The normalized spacial score (nSPS) is 12.0. The molecule has 0 aliphatic rings. The SMILES string of the molecule is COc1ccccc1C(CNc1cnn(-c2ccccc2)c(=O)c1Cl)N(C)C. The summed E-state index contributed by atoms with van der Waals surface area (Å²) in [5.41, 5.74) is 1.85. The number of rotatable bonds is 7. The molecule has 0 saturated heterocycles. The molecule has 0 saturated carbocycles. The van der Waals surface area contributed by atoms with Crippen LogP contribution in [0.3, 0.4) is 0 Å². The monoisotopic (exact) mass is 398 g/mol. The van der Waals surface area contributed by atoms with E-state index in [4.69, 9.17) is 16.3 Å². The lowest BCUT2D eigenvalue weighted by Crippen LogP contribution is -2.28. The van der Waals surface area contributed by atoms with Gasteiger partial charge in [0.2, 0.25) is 0 Å². The summed E-state index contributed by atoms with van der Waals surface area (Å²) in [4.78, 5) is 14.7. The number of benzene rings is 2. The predicted octanol–water partition coefficient (Wildman–Crippen LogP) is 3.61. The van der Waals surface area contributed by atoms with Gasteiger partial charge in [0, 0.05) is 12.1 Å². The van der Waals surface area contributed by atoms with Gasteiger partial charge in [-0.2, -0.15) is 9.78 Å². The number of para-hydroxylation sites is 2. The van der Waals surface area contributed by atoms with Crippen molar-refractivity contribution in [2.75, 3.05) is 33.1 Å². The van der Waals surface area contributed by atoms with Crippen LogP contribution in [0.25, 0.3) is 5.69 Å². The van der Waals surface area contributed by atoms with E-state index in [9.17, 15) is 4.79 Å². The van der Waals surface area contributed by atoms with Crippen LogP contribution in [-0.2, 0) is 0 Å². The number of hydrogen-bond acceptors (Lipinski definition) is 5. The molecule has 0 radical (unpaired) electrons. The zero-order valence-electron chi connectivity index (χ0n) is 16.1. The molecule has 0 bridgehead atoms. The van der Waals surface area contributed by atoms with Crippen LogP contribution in [-0.4, -0.2) is 42.4 Å². The first-order valence-corrected chi connectivity index (χ1v) is 9.27. The second-order valence-electron chi connectivity index (χ2n) is 6.53. The number of methoxy groups -OCH3 is 1. The summed E-state index contributed by atoms with van der Waals surface area (Å²) < 4.78 is 6.78. The number of ether oxygens (including phenoxy) is 1. The Morgan fingerprint density at radius 2 is 1.82 bits per heavy atom. The van der Waals surface area contributed by atoms with Gasteiger partial charge in [-0.15, -0.1) is 0 Å². The highest BCUT2D eigenvalue weighted by Gasteiger charge is 2.19. The molecule has 0 aliphatic heterocycles. The third kappa shape index (κ3) is 4.18. The first-order valence-electron chi connectivity index (χ1n) is 8.89. The van der Waals surface area contributed by atoms with Crippen molar-refractivity contribution < 1.29 is 4.74 Å². The number of nitrogens with zero attached hydrogens (tertiary/aromatic N) is 3. The molecule has 28 heavy (non-hydrogen) atoms. The third-order valence-electron chi connectivity index (χ3n) is 4.53. The lowest BCUT2D eigenvalue weighted by Gasteiger charge is -2.27. The van der Waals surface area contributed by atoms with E-state index in [0.717, 1.165) is 11.3 Å². The van der Waals surface area contributed by atoms with E-state index in [2.05, 4.69) is 15.3 Å². The molecule has 2 aromatic carbocycles. The summed E-state index contributed by atoms with van der Waals surface area (Å²) >= 11 is 6.34. The largest absolute Gasteiger partial charge is 0.496 e. The van der Waals surface area contributed by atoms with Crippen LogP contribution in [0.2, 0.25) is 5.02 Å². The first kappa shape index (κ1) is 19.9. The van der Waals surface area contributed by atoms with E-state index in [1.165, 1.54) is 4.68 Å². The fourth-order valence-corrected chi connectivity index (χ4v) is 3.22. The second kappa shape index (κ2) is 8.91. The van der Waals surface area contributed by atoms with E-state index in [1.807, 2.05) is 68.7 Å². The molecule has 1 unspecified atom stereocenters. The summed E-state index contributed by atoms with van der Waals surface area (Å²) in [5.74, 6) is 0.812. The second-order valence-corrected chi connectivity index (χ2v) is 6.90. The zero-order valence-corrected chi connectivity index (χ0v) is 16.8. The minimum atomic E-state index is -0.364. The van der Waals surface area contributed by atoms with Crippen molar-refractivity contribution in [2.45, 2.75) is 6.04 Å². The van der Waals surface area contributed by atoms with E-state index < -0.39 is 0 Å². The molecular formula is C21H23ClN4O2. The third-order valence-corrected chi connectivity index (χ3v) is 4.89. The maximum atomic E-state index is 12.6. The molecule has 0 aliphatic carbocycles. The lowest BCUT2D eigenvalue weighted by atomic mass is 10.0. The number of likely N-dealkylation sites (N-methyl/N-ethyl adjacent to an activating group) is 1. The quantitative estimate of drug-likeness (QED) is 0.658. The van der Waals surface area contributed by atoms with Gasteiger partial charge in [-0.3, -0.25) is 4.79 Å². The Morgan fingerprint density at radius 3 is 2.50 bits per heavy atom. The molecule has 6 nitrogen and oxygen atoms in total. The summed E-state index contributed by atoms with van der Waals surface area (Å²) in [5, 5.41) is 7.62. The zero-order chi connectivity index (χ0) is 20.1. The number of halogens is 1. The van der Waals surface area contributed by atoms with Gasteiger partial charge < -0.3 is 15.0 Å². The van der Waals surface area contributed by atoms with E-state index in [0.29, 0.717) is 17.9 Å². The summed E-state index contributed by atoms with van der Waals surface area (Å²) in [7, 11) is 5.64. The predicted molar refractivity (Wildman–Crippen MR) is 113 cm³/mol. The molecule has 1 atom stereocenters. The number of aromatic nitrogens is 2. The van der Waals surface area contributed by atoms with Crippen LogP contribution in [0.15, 0.2) is 65.6 Å². The highest BCUT2D eigenvalue weighted by Crippen LogP contribution is 2.28. The molecule has 0 fully saturated rings. The molecule has 0 spiro atoms. The fraction of sp³-hybridized carbons (Fsp3) is 0.238. The molecule has 1 aromatic heterocycles. The van der Waals surface area contributed by atoms with Crippen molar-refractivity contribution >= 4 is 17.3 Å². The average molecular weight is 399 g/mol. The fourth-order valence-electron chi connectivity index (χ4n) is 3.03. The standard InChI is InChI=1S/C21H23ClN4O2/c1-25(2)18(16-11-7-8-12-19(16)28-3)14-23-17-13-24-26(21(27)20(17)22)15-9-5-4-6-10-15/h4-13,18,23H,14H2,1-3H3. The van der Waals surface area contributed by atoms with Crippen LogP contribution in [0.5, 0.6) is 5.75 Å². The van der Waals surface area contributed by atoms with Gasteiger partial charge in [0.05, 0.1) is 30.7 Å². The van der Waals surface area contributed by atoms with Crippen LogP contribution < -0.4 is 15.6 Å². The van der Waals surface area contributed by atoms with E-state index in [1.54, 1.807) is 13.3 Å². The Hall–Kier alpha value is -2.83. The Labute approximate surface area is 169 Å². The number of anilines is 1. The topological polar surface area (TPSA) is 59.4 Å². The van der Waals surface area contributed by atoms with Crippen molar-refractivity contribution in [2.24, 2.45) is 0 Å². The molecule has 0 amide bonds. The van der Waals surface area contributed by atoms with Crippen LogP contribution >= 0.6 is 11.6 Å². The Bertz CT molecular complexity index is 989. The number of hydrogen-bond donors (Lipinski definition) is 1. The summed E-state index contributed by atoms with van der Waals surface area (Å²) in [6, 6.07) is 17.1. The average Bonchev–Trinajstić information content (AvgIpc) is 2.72. The summed E-state index contributed by atoms with van der Waals surface area (Å²) in [6.07, 6.45) is 1.58. The Balaban J connectivity index is 1.85.